The van der Waals surface area contributed by atoms with Gasteiger partial charge in [-0.3, -0.25) is 4.79 Å². The Morgan fingerprint density at radius 3 is 1.77 bits per heavy atom. The average molecular weight is 187 g/mol. The van der Waals surface area contributed by atoms with Gasteiger partial charge < -0.3 is 10.8 Å². The number of rotatable bonds is 3. The van der Waals surface area contributed by atoms with Crippen LogP contribution in [0.1, 0.15) is 34.6 Å². The first kappa shape index (κ1) is 12.4. The SMILES string of the molecule is CC(C)(C)C(C(=O)O)C(C)(C)CN. The molecule has 3 N–H and O–H groups in total. The molecule has 0 aromatic rings. The Kier molecular flexibility index (Phi) is 3.50. The summed E-state index contributed by atoms with van der Waals surface area (Å²) in [7, 11) is 0. The van der Waals surface area contributed by atoms with Crippen molar-refractivity contribution in [3.8, 4) is 0 Å². The number of carbonyl (C=O) groups is 1. The van der Waals surface area contributed by atoms with Crippen molar-refractivity contribution in [2.24, 2.45) is 22.5 Å². The lowest BCUT2D eigenvalue weighted by atomic mass is 9.66. The maximum Gasteiger partial charge on any atom is 0.307 e. The fourth-order valence-electron chi connectivity index (χ4n) is 1.99. The van der Waals surface area contributed by atoms with Crippen LogP contribution >= 0.6 is 0 Å². The van der Waals surface area contributed by atoms with Crippen LogP contribution in [0, 0.1) is 16.7 Å². The quantitative estimate of drug-likeness (QED) is 0.707. The van der Waals surface area contributed by atoms with Gasteiger partial charge in [-0.2, -0.15) is 0 Å². The number of aliphatic carboxylic acids is 1. The van der Waals surface area contributed by atoms with E-state index >= 15 is 0 Å². The highest BCUT2D eigenvalue weighted by Crippen LogP contribution is 2.39. The third-order valence-electron chi connectivity index (χ3n) is 2.42. The van der Waals surface area contributed by atoms with E-state index in [0.717, 1.165) is 0 Å². The first-order valence-corrected chi connectivity index (χ1v) is 4.56. The molecule has 0 amide bonds. The molecule has 13 heavy (non-hydrogen) atoms. The van der Waals surface area contributed by atoms with Crippen molar-refractivity contribution >= 4 is 5.97 Å². The minimum absolute atomic E-state index is 0.255. The topological polar surface area (TPSA) is 63.3 Å². The Morgan fingerprint density at radius 1 is 1.31 bits per heavy atom. The molecule has 0 heterocycles. The standard InChI is InChI=1S/C10H21NO2/c1-9(2,3)7(8(12)13)10(4,5)6-11/h7H,6,11H2,1-5H3,(H,12,13). The number of carboxylic acid groups (broad SMARTS) is 1. The van der Waals surface area contributed by atoms with Crippen molar-refractivity contribution in [3.63, 3.8) is 0 Å². The van der Waals surface area contributed by atoms with Crippen molar-refractivity contribution in [2.45, 2.75) is 34.6 Å². The van der Waals surface area contributed by atoms with Gasteiger partial charge in [-0.05, 0) is 17.4 Å². The number of hydrogen-bond donors (Lipinski definition) is 2. The Labute approximate surface area is 80.3 Å². The molecule has 0 spiro atoms. The van der Waals surface area contributed by atoms with Gasteiger partial charge in [0.25, 0.3) is 0 Å². The van der Waals surface area contributed by atoms with E-state index in [4.69, 9.17) is 10.8 Å². The van der Waals surface area contributed by atoms with Crippen molar-refractivity contribution in [3.05, 3.63) is 0 Å². The lowest BCUT2D eigenvalue weighted by Crippen LogP contribution is -2.44. The van der Waals surface area contributed by atoms with Gasteiger partial charge in [-0.1, -0.05) is 34.6 Å². The lowest BCUT2D eigenvalue weighted by molar-refractivity contribution is -0.151. The van der Waals surface area contributed by atoms with E-state index in [-0.39, 0.29) is 10.8 Å². The normalized spacial score (nSPS) is 15.5. The van der Waals surface area contributed by atoms with Crippen LogP contribution in [-0.2, 0) is 4.79 Å². The van der Waals surface area contributed by atoms with Gasteiger partial charge in [0.15, 0.2) is 0 Å². The zero-order valence-electron chi connectivity index (χ0n) is 9.22. The predicted octanol–water partition coefficient (Wildman–Crippen LogP) is 1.72. The summed E-state index contributed by atoms with van der Waals surface area (Å²) in [6.45, 7) is 9.99. The third kappa shape index (κ3) is 2.99. The average Bonchev–Trinajstić information content (AvgIpc) is 1.82. The molecule has 0 aromatic carbocycles. The molecule has 0 saturated heterocycles. The Bertz CT molecular complexity index is 192. The molecule has 3 nitrogen and oxygen atoms in total. The van der Waals surface area contributed by atoms with Crippen molar-refractivity contribution < 1.29 is 9.90 Å². The first-order chi connectivity index (χ1) is 5.63. The molecule has 0 aliphatic carbocycles. The van der Waals surface area contributed by atoms with E-state index in [9.17, 15) is 4.79 Å². The summed E-state index contributed by atoms with van der Waals surface area (Å²) in [4.78, 5) is 11.1. The Balaban J connectivity index is 4.94. The highest BCUT2D eigenvalue weighted by molar-refractivity contribution is 5.72. The van der Waals surface area contributed by atoms with Crippen molar-refractivity contribution in [2.75, 3.05) is 6.54 Å². The van der Waals surface area contributed by atoms with Crippen LogP contribution in [0.25, 0.3) is 0 Å². The Hall–Kier alpha value is -0.570. The molecule has 0 radical (unpaired) electrons. The highest BCUT2D eigenvalue weighted by atomic mass is 16.4. The molecule has 78 valence electrons. The van der Waals surface area contributed by atoms with Crippen molar-refractivity contribution in [1.29, 1.82) is 0 Å². The molecule has 0 fully saturated rings. The van der Waals surface area contributed by atoms with E-state index < -0.39 is 11.9 Å². The molecule has 0 bridgehead atoms. The van der Waals surface area contributed by atoms with Gasteiger partial charge in [0, 0.05) is 0 Å². The molecule has 0 aliphatic rings. The first-order valence-electron chi connectivity index (χ1n) is 4.56. The fraction of sp³-hybridized carbons (Fsp3) is 0.900. The van der Waals surface area contributed by atoms with E-state index in [2.05, 4.69) is 0 Å². The summed E-state index contributed by atoms with van der Waals surface area (Å²) < 4.78 is 0. The maximum absolute atomic E-state index is 11.1. The summed E-state index contributed by atoms with van der Waals surface area (Å²) in [5.41, 5.74) is 4.97. The van der Waals surface area contributed by atoms with Crippen LogP contribution < -0.4 is 5.73 Å². The van der Waals surface area contributed by atoms with Crippen LogP contribution in [0.15, 0.2) is 0 Å². The molecular formula is C10H21NO2. The molecule has 0 aliphatic heterocycles. The van der Waals surface area contributed by atoms with E-state index in [1.807, 2.05) is 34.6 Å². The summed E-state index contributed by atoms with van der Waals surface area (Å²) >= 11 is 0. The van der Waals surface area contributed by atoms with E-state index in [1.54, 1.807) is 0 Å². The van der Waals surface area contributed by atoms with E-state index in [0.29, 0.717) is 6.54 Å². The van der Waals surface area contributed by atoms with Gasteiger partial charge >= 0.3 is 5.97 Å². The van der Waals surface area contributed by atoms with Gasteiger partial charge in [-0.15, -0.1) is 0 Å². The smallest absolute Gasteiger partial charge is 0.307 e. The minimum Gasteiger partial charge on any atom is -0.481 e. The second-order valence-corrected chi connectivity index (χ2v) is 5.33. The number of hydrogen-bond acceptors (Lipinski definition) is 2. The van der Waals surface area contributed by atoms with E-state index in [1.165, 1.54) is 0 Å². The fourth-order valence-corrected chi connectivity index (χ4v) is 1.99. The second kappa shape index (κ2) is 3.66. The molecule has 1 atom stereocenters. The van der Waals surface area contributed by atoms with Gasteiger partial charge in [0.1, 0.15) is 0 Å². The molecule has 0 saturated carbocycles. The summed E-state index contributed by atoms with van der Waals surface area (Å²) in [5, 5.41) is 9.12. The summed E-state index contributed by atoms with van der Waals surface area (Å²) in [5.74, 6) is -1.17. The lowest BCUT2D eigenvalue weighted by Gasteiger charge is -2.39. The second-order valence-electron chi connectivity index (χ2n) is 5.33. The molecule has 1 unspecified atom stereocenters. The zero-order valence-corrected chi connectivity index (χ0v) is 9.22. The molecule has 3 heteroatoms. The molecule has 0 rings (SSSR count). The third-order valence-corrected chi connectivity index (χ3v) is 2.42. The van der Waals surface area contributed by atoms with Crippen LogP contribution in [0.4, 0.5) is 0 Å². The van der Waals surface area contributed by atoms with Gasteiger partial charge in [0.05, 0.1) is 5.92 Å². The molecule has 0 aromatic heterocycles. The number of carboxylic acids is 1. The highest BCUT2D eigenvalue weighted by Gasteiger charge is 2.42. The van der Waals surface area contributed by atoms with Crippen LogP contribution in [0.3, 0.4) is 0 Å². The van der Waals surface area contributed by atoms with Gasteiger partial charge in [0.2, 0.25) is 0 Å². The monoisotopic (exact) mass is 187 g/mol. The molecular weight excluding hydrogens is 166 g/mol. The largest absolute Gasteiger partial charge is 0.481 e. The summed E-state index contributed by atoms with van der Waals surface area (Å²) in [6.07, 6.45) is 0. The van der Waals surface area contributed by atoms with Crippen molar-refractivity contribution in [1.82, 2.24) is 0 Å². The van der Waals surface area contributed by atoms with Gasteiger partial charge in [-0.25, -0.2) is 0 Å². The number of nitrogens with two attached hydrogens (primary N) is 1. The van der Waals surface area contributed by atoms with Crippen LogP contribution in [0.5, 0.6) is 0 Å². The summed E-state index contributed by atoms with van der Waals surface area (Å²) in [6, 6.07) is 0. The maximum atomic E-state index is 11.1. The predicted molar refractivity (Wildman–Crippen MR) is 53.4 cm³/mol. The van der Waals surface area contributed by atoms with Crippen LogP contribution in [-0.4, -0.2) is 17.6 Å². The minimum atomic E-state index is -0.761. The zero-order chi connectivity index (χ0) is 10.9. The van der Waals surface area contributed by atoms with Crippen LogP contribution in [0.2, 0.25) is 0 Å². The Morgan fingerprint density at radius 2 is 1.69 bits per heavy atom.